The molecular formula is C19H17ClF3N7. The van der Waals surface area contributed by atoms with Gasteiger partial charge in [-0.05, 0) is 24.1 Å². The van der Waals surface area contributed by atoms with E-state index in [1.807, 2.05) is 6.92 Å². The number of fused-ring (bicyclic) bond motifs is 1. The Morgan fingerprint density at radius 2 is 1.77 bits per heavy atom. The summed E-state index contributed by atoms with van der Waals surface area (Å²) in [5.74, 6) is 0.222. The van der Waals surface area contributed by atoms with Crippen LogP contribution in [0.1, 0.15) is 24.2 Å². The Morgan fingerprint density at radius 1 is 1.10 bits per heavy atom. The van der Waals surface area contributed by atoms with Gasteiger partial charge in [-0.15, -0.1) is 0 Å². The number of hydrogen-bond acceptors (Lipinski definition) is 4. The molecule has 0 unspecified atom stereocenters. The van der Waals surface area contributed by atoms with Crippen LogP contribution in [-0.2, 0) is 20.3 Å². The third-order valence-corrected chi connectivity index (χ3v) is 5.24. The zero-order chi connectivity index (χ0) is 21.8. The molecule has 0 bridgehead atoms. The molecule has 1 atom stereocenters. The number of halogens is 4. The van der Waals surface area contributed by atoms with Crippen molar-refractivity contribution in [3.63, 3.8) is 0 Å². The van der Waals surface area contributed by atoms with E-state index in [4.69, 9.17) is 17.0 Å². The third kappa shape index (κ3) is 3.26. The van der Waals surface area contributed by atoms with E-state index < -0.39 is 11.9 Å². The van der Waals surface area contributed by atoms with Gasteiger partial charge in [0.1, 0.15) is 11.3 Å². The Morgan fingerprint density at radius 3 is 2.37 bits per heavy atom. The summed E-state index contributed by atoms with van der Waals surface area (Å²) in [4.78, 5) is 12.0. The maximum Gasteiger partial charge on any atom is 0.434 e. The van der Waals surface area contributed by atoms with Gasteiger partial charge in [-0.1, -0.05) is 24.3 Å². The van der Waals surface area contributed by atoms with Gasteiger partial charge in [-0.25, -0.2) is 9.97 Å². The van der Waals surface area contributed by atoms with E-state index in [-0.39, 0.29) is 22.8 Å². The first-order chi connectivity index (χ1) is 14.1. The normalized spacial score (nSPS) is 13.2. The lowest BCUT2D eigenvalue weighted by atomic mass is 10.1. The minimum atomic E-state index is -4.50. The predicted molar refractivity (Wildman–Crippen MR) is 105 cm³/mol. The van der Waals surface area contributed by atoms with Crippen LogP contribution >= 0.6 is 11.6 Å². The maximum atomic E-state index is 12.9. The van der Waals surface area contributed by atoms with Crippen LogP contribution in [0.4, 0.5) is 13.2 Å². The van der Waals surface area contributed by atoms with Gasteiger partial charge in [0, 0.05) is 25.9 Å². The first-order valence-electron chi connectivity index (χ1n) is 8.93. The van der Waals surface area contributed by atoms with Gasteiger partial charge < -0.3 is 9.13 Å². The van der Waals surface area contributed by atoms with Crippen molar-refractivity contribution in [2.45, 2.75) is 19.1 Å². The SMILES string of the molecule is C[C@H](c1ccc(-c2nc(C(F)(F)F)cn2C)cc1)n1c(=N)n(C)c2cnc(Cl)nc21. The molecule has 3 heterocycles. The fourth-order valence-electron chi connectivity index (χ4n) is 3.43. The van der Waals surface area contributed by atoms with Crippen molar-refractivity contribution >= 4 is 22.8 Å². The molecule has 0 fully saturated rings. The molecule has 1 N–H and O–H groups in total. The van der Waals surface area contributed by atoms with Crippen LogP contribution in [0, 0.1) is 5.41 Å². The highest BCUT2D eigenvalue weighted by atomic mass is 35.5. The van der Waals surface area contributed by atoms with Crippen LogP contribution in [0.15, 0.2) is 36.7 Å². The summed E-state index contributed by atoms with van der Waals surface area (Å²) in [6, 6.07) is 6.76. The Balaban J connectivity index is 1.73. The van der Waals surface area contributed by atoms with Crippen LogP contribution in [0.25, 0.3) is 22.6 Å². The molecule has 4 aromatic rings. The molecule has 0 saturated heterocycles. The number of imidazole rings is 2. The van der Waals surface area contributed by atoms with E-state index in [2.05, 4.69) is 15.0 Å². The smallest absolute Gasteiger partial charge is 0.333 e. The van der Waals surface area contributed by atoms with Crippen molar-refractivity contribution in [2.24, 2.45) is 14.1 Å². The van der Waals surface area contributed by atoms with Gasteiger partial charge in [-0.2, -0.15) is 18.2 Å². The number of alkyl halides is 3. The lowest BCUT2D eigenvalue weighted by molar-refractivity contribution is -0.140. The number of nitrogens with one attached hydrogen (secondary N) is 1. The summed E-state index contributed by atoms with van der Waals surface area (Å²) in [7, 11) is 3.27. The molecule has 0 aliphatic heterocycles. The van der Waals surface area contributed by atoms with Gasteiger partial charge >= 0.3 is 6.18 Å². The highest BCUT2D eigenvalue weighted by molar-refractivity contribution is 6.28. The van der Waals surface area contributed by atoms with Gasteiger partial charge in [0.2, 0.25) is 10.9 Å². The monoisotopic (exact) mass is 435 g/mol. The predicted octanol–water partition coefficient (Wildman–Crippen LogP) is 3.93. The molecule has 4 rings (SSSR count). The van der Waals surface area contributed by atoms with Crippen LogP contribution in [0.3, 0.4) is 0 Å². The molecular weight excluding hydrogens is 419 g/mol. The molecule has 0 radical (unpaired) electrons. The Kier molecular flexibility index (Phi) is 4.69. The fraction of sp³-hybridized carbons (Fsp3) is 0.263. The molecule has 156 valence electrons. The highest BCUT2D eigenvalue weighted by Gasteiger charge is 2.34. The van der Waals surface area contributed by atoms with Crippen molar-refractivity contribution in [3.05, 3.63) is 58.8 Å². The van der Waals surface area contributed by atoms with Gasteiger partial charge in [0.15, 0.2) is 11.3 Å². The number of hydrogen-bond donors (Lipinski definition) is 1. The molecule has 1 aromatic carbocycles. The number of rotatable bonds is 3. The summed E-state index contributed by atoms with van der Waals surface area (Å²) in [5, 5.41) is 8.52. The van der Waals surface area contributed by atoms with Crippen LogP contribution in [0.5, 0.6) is 0 Å². The van der Waals surface area contributed by atoms with Gasteiger partial charge in [-0.3, -0.25) is 9.98 Å². The minimum Gasteiger partial charge on any atom is -0.333 e. The quantitative estimate of drug-likeness (QED) is 0.495. The van der Waals surface area contributed by atoms with E-state index in [1.54, 1.807) is 46.6 Å². The highest BCUT2D eigenvalue weighted by Crippen LogP contribution is 2.31. The van der Waals surface area contributed by atoms with Crippen molar-refractivity contribution in [3.8, 4) is 11.4 Å². The number of nitrogens with zero attached hydrogens (tertiary/aromatic N) is 6. The summed E-state index contributed by atoms with van der Waals surface area (Å²) in [5.41, 5.74) is 1.89. The molecule has 0 amide bonds. The zero-order valence-corrected chi connectivity index (χ0v) is 17.0. The largest absolute Gasteiger partial charge is 0.434 e. The summed E-state index contributed by atoms with van der Waals surface area (Å²) >= 11 is 5.95. The van der Waals surface area contributed by atoms with E-state index in [1.165, 1.54) is 11.6 Å². The molecule has 30 heavy (non-hydrogen) atoms. The lowest BCUT2D eigenvalue weighted by Gasteiger charge is -2.15. The average Bonchev–Trinajstić information content (AvgIpc) is 3.20. The zero-order valence-electron chi connectivity index (χ0n) is 16.2. The summed E-state index contributed by atoms with van der Waals surface area (Å²) < 4.78 is 43.5. The van der Waals surface area contributed by atoms with Gasteiger partial charge in [0.25, 0.3) is 0 Å². The van der Waals surface area contributed by atoms with Crippen molar-refractivity contribution in [1.29, 1.82) is 5.41 Å². The van der Waals surface area contributed by atoms with E-state index >= 15 is 0 Å². The molecule has 7 nitrogen and oxygen atoms in total. The summed E-state index contributed by atoms with van der Waals surface area (Å²) in [6.45, 7) is 1.91. The topological polar surface area (TPSA) is 77.3 Å². The van der Waals surface area contributed by atoms with E-state index in [0.717, 1.165) is 11.8 Å². The molecule has 0 aliphatic rings. The van der Waals surface area contributed by atoms with Crippen LogP contribution in [-0.4, -0.2) is 28.7 Å². The van der Waals surface area contributed by atoms with Crippen LogP contribution in [0.2, 0.25) is 5.28 Å². The second-order valence-corrected chi connectivity index (χ2v) is 7.29. The van der Waals surface area contributed by atoms with E-state index in [0.29, 0.717) is 16.7 Å². The molecule has 0 aliphatic carbocycles. The van der Waals surface area contributed by atoms with Gasteiger partial charge in [0.05, 0.1) is 12.2 Å². The van der Waals surface area contributed by atoms with E-state index in [9.17, 15) is 13.2 Å². The standard InChI is InChI=1S/C19H17ClF3N7/c1-10(30-16-13(29(3)18(30)24)8-25-17(20)27-16)11-4-6-12(7-5-11)15-26-14(9-28(15)2)19(21,22)23/h4-10,24H,1-3H3/t10-/m1/s1. The van der Waals surface area contributed by atoms with Crippen molar-refractivity contribution < 1.29 is 13.2 Å². The molecule has 11 heteroatoms. The lowest BCUT2D eigenvalue weighted by Crippen LogP contribution is -2.25. The number of benzene rings is 1. The Labute approximate surface area is 173 Å². The molecule has 3 aromatic heterocycles. The molecule has 0 saturated carbocycles. The van der Waals surface area contributed by atoms with Crippen molar-refractivity contribution in [2.75, 3.05) is 0 Å². The maximum absolute atomic E-state index is 12.9. The fourth-order valence-corrected chi connectivity index (χ4v) is 3.56. The van der Waals surface area contributed by atoms with Crippen molar-refractivity contribution in [1.82, 2.24) is 28.7 Å². The first kappa shape index (κ1) is 20.1. The average molecular weight is 436 g/mol. The third-order valence-electron chi connectivity index (χ3n) is 5.06. The second kappa shape index (κ2) is 6.98. The molecule has 0 spiro atoms. The Bertz CT molecular complexity index is 1300. The first-order valence-corrected chi connectivity index (χ1v) is 9.30. The Hall–Kier alpha value is -3.14. The van der Waals surface area contributed by atoms with Crippen LogP contribution < -0.4 is 5.62 Å². The summed E-state index contributed by atoms with van der Waals surface area (Å²) in [6.07, 6.45) is -1.97. The number of aromatic nitrogens is 6. The minimum absolute atomic E-state index is 0.0830. The second-order valence-electron chi connectivity index (χ2n) is 6.96. The number of aryl methyl sites for hydroxylation is 2.